The molecular formula is C23H29N7O2S. The van der Waals surface area contributed by atoms with Crippen LogP contribution in [0.3, 0.4) is 0 Å². The van der Waals surface area contributed by atoms with E-state index >= 15 is 0 Å². The van der Waals surface area contributed by atoms with Crippen molar-refractivity contribution in [2.45, 2.75) is 6.92 Å². The number of hydrogen-bond donors (Lipinski definition) is 1. The number of carbonyl (C=O) groups excluding carboxylic acids is 1. The smallest absolute Gasteiger partial charge is 0.261 e. The second-order valence-electron chi connectivity index (χ2n) is 8.31. The SMILES string of the molecule is Cc1c(C(=O)NCCN2CCOCC2)sc2ncnc(N3CCN(c4ccccn4)CC3)c12. The van der Waals surface area contributed by atoms with Gasteiger partial charge >= 0.3 is 0 Å². The molecule has 0 bridgehead atoms. The monoisotopic (exact) mass is 467 g/mol. The molecule has 0 radical (unpaired) electrons. The Labute approximate surface area is 197 Å². The minimum atomic E-state index is -0.0327. The van der Waals surface area contributed by atoms with Gasteiger partial charge in [-0.25, -0.2) is 15.0 Å². The van der Waals surface area contributed by atoms with Gasteiger partial charge in [0.2, 0.25) is 0 Å². The van der Waals surface area contributed by atoms with Crippen LogP contribution in [0.5, 0.6) is 0 Å². The van der Waals surface area contributed by atoms with E-state index in [4.69, 9.17) is 4.74 Å². The zero-order valence-electron chi connectivity index (χ0n) is 18.9. The summed E-state index contributed by atoms with van der Waals surface area (Å²) in [5.41, 5.74) is 0.960. The molecule has 2 aliphatic rings. The first-order valence-corrected chi connectivity index (χ1v) is 12.3. The molecule has 33 heavy (non-hydrogen) atoms. The van der Waals surface area contributed by atoms with Gasteiger partial charge in [0.1, 0.15) is 22.8 Å². The minimum absolute atomic E-state index is 0.0327. The van der Waals surface area contributed by atoms with Crippen LogP contribution in [0, 0.1) is 6.92 Å². The van der Waals surface area contributed by atoms with Crippen molar-refractivity contribution < 1.29 is 9.53 Å². The number of thiophene rings is 1. The molecule has 3 aromatic heterocycles. The van der Waals surface area contributed by atoms with E-state index < -0.39 is 0 Å². The van der Waals surface area contributed by atoms with Crippen LogP contribution in [0.25, 0.3) is 10.2 Å². The first-order valence-electron chi connectivity index (χ1n) is 11.4. The number of hydrogen-bond acceptors (Lipinski definition) is 9. The molecule has 2 aliphatic heterocycles. The van der Waals surface area contributed by atoms with Crippen molar-refractivity contribution in [3.8, 4) is 0 Å². The van der Waals surface area contributed by atoms with Gasteiger partial charge in [-0.15, -0.1) is 11.3 Å². The third-order valence-corrected chi connectivity index (χ3v) is 7.48. The first-order chi connectivity index (χ1) is 16.2. The lowest BCUT2D eigenvalue weighted by atomic mass is 10.1. The zero-order valence-corrected chi connectivity index (χ0v) is 19.7. The Bertz CT molecular complexity index is 1090. The molecule has 0 aliphatic carbocycles. The van der Waals surface area contributed by atoms with Crippen LogP contribution < -0.4 is 15.1 Å². The summed E-state index contributed by atoms with van der Waals surface area (Å²) in [7, 11) is 0. The summed E-state index contributed by atoms with van der Waals surface area (Å²) in [5.74, 6) is 1.89. The van der Waals surface area contributed by atoms with Crippen LogP contribution in [-0.2, 0) is 4.74 Å². The lowest BCUT2D eigenvalue weighted by Crippen LogP contribution is -2.47. The third kappa shape index (κ3) is 4.78. The van der Waals surface area contributed by atoms with E-state index in [9.17, 15) is 4.79 Å². The van der Waals surface area contributed by atoms with Gasteiger partial charge in [0, 0.05) is 58.6 Å². The number of pyridine rings is 1. The molecule has 0 aromatic carbocycles. The van der Waals surface area contributed by atoms with Crippen molar-refractivity contribution in [2.75, 3.05) is 75.4 Å². The second kappa shape index (κ2) is 9.98. The summed E-state index contributed by atoms with van der Waals surface area (Å²) in [6.07, 6.45) is 3.44. The Morgan fingerprint density at radius 3 is 2.61 bits per heavy atom. The van der Waals surface area contributed by atoms with Crippen LogP contribution >= 0.6 is 11.3 Å². The van der Waals surface area contributed by atoms with E-state index in [1.165, 1.54) is 11.3 Å². The fourth-order valence-electron chi connectivity index (χ4n) is 4.43. The average molecular weight is 468 g/mol. The lowest BCUT2D eigenvalue weighted by Gasteiger charge is -2.36. The highest BCUT2D eigenvalue weighted by molar-refractivity contribution is 7.20. The average Bonchev–Trinajstić information content (AvgIpc) is 3.22. The second-order valence-corrected chi connectivity index (χ2v) is 9.30. The number of nitrogens with zero attached hydrogens (tertiary/aromatic N) is 6. The van der Waals surface area contributed by atoms with Crippen molar-refractivity contribution in [3.63, 3.8) is 0 Å². The van der Waals surface area contributed by atoms with Gasteiger partial charge in [-0.05, 0) is 24.6 Å². The maximum absolute atomic E-state index is 12.9. The van der Waals surface area contributed by atoms with Gasteiger partial charge in [-0.2, -0.15) is 0 Å². The van der Waals surface area contributed by atoms with Crippen LogP contribution in [0.4, 0.5) is 11.6 Å². The molecule has 2 fully saturated rings. The fraction of sp³-hybridized carbons (Fsp3) is 0.478. The van der Waals surface area contributed by atoms with Crippen LogP contribution in [0.15, 0.2) is 30.7 Å². The molecule has 5 rings (SSSR count). The Kier molecular flexibility index (Phi) is 6.65. The van der Waals surface area contributed by atoms with E-state index in [0.29, 0.717) is 6.54 Å². The molecule has 10 heteroatoms. The zero-order chi connectivity index (χ0) is 22.6. The van der Waals surface area contributed by atoms with E-state index in [-0.39, 0.29) is 5.91 Å². The topological polar surface area (TPSA) is 86.7 Å². The van der Waals surface area contributed by atoms with E-state index in [1.807, 2.05) is 31.3 Å². The predicted octanol–water partition coefficient (Wildman–Crippen LogP) is 1.78. The van der Waals surface area contributed by atoms with Crippen molar-refractivity contribution >= 4 is 39.1 Å². The molecule has 3 aromatic rings. The standard InChI is InChI=1S/C23H29N7O2S/c1-17-19-21(30-10-8-29(9-11-30)18-4-2-3-5-24-18)26-16-27-23(19)33-20(17)22(31)25-6-7-28-12-14-32-15-13-28/h2-5,16H,6-15H2,1H3,(H,25,31). The predicted molar refractivity (Wildman–Crippen MR) is 130 cm³/mol. The van der Waals surface area contributed by atoms with Crippen molar-refractivity contribution in [2.24, 2.45) is 0 Å². The van der Waals surface area contributed by atoms with Crippen LogP contribution in [0.1, 0.15) is 15.2 Å². The number of ether oxygens (including phenoxy) is 1. The first kappa shape index (κ1) is 22.0. The molecule has 0 saturated carbocycles. The van der Waals surface area contributed by atoms with Crippen molar-refractivity contribution in [3.05, 3.63) is 41.2 Å². The molecular weight excluding hydrogens is 438 g/mol. The van der Waals surface area contributed by atoms with E-state index in [2.05, 4.69) is 35.0 Å². The molecule has 174 valence electrons. The molecule has 5 heterocycles. The largest absolute Gasteiger partial charge is 0.379 e. The molecule has 9 nitrogen and oxygen atoms in total. The molecule has 0 unspecified atom stereocenters. The van der Waals surface area contributed by atoms with E-state index in [0.717, 1.165) is 91.3 Å². The summed E-state index contributed by atoms with van der Waals surface area (Å²) in [5, 5.41) is 4.08. The maximum Gasteiger partial charge on any atom is 0.261 e. The number of fused-ring (bicyclic) bond motifs is 1. The minimum Gasteiger partial charge on any atom is -0.379 e. The molecule has 0 atom stereocenters. The summed E-state index contributed by atoms with van der Waals surface area (Å²) >= 11 is 1.45. The molecule has 1 amide bonds. The number of nitrogens with one attached hydrogen (secondary N) is 1. The van der Waals surface area contributed by atoms with Crippen molar-refractivity contribution in [1.82, 2.24) is 25.2 Å². The number of piperazine rings is 1. The summed E-state index contributed by atoms with van der Waals surface area (Å²) in [4.78, 5) is 35.0. The molecule has 2 saturated heterocycles. The number of carbonyl (C=O) groups is 1. The van der Waals surface area contributed by atoms with Gasteiger partial charge in [-0.1, -0.05) is 6.07 Å². The highest BCUT2D eigenvalue weighted by Gasteiger charge is 2.25. The lowest BCUT2D eigenvalue weighted by molar-refractivity contribution is 0.0383. The normalized spacial score (nSPS) is 17.5. The van der Waals surface area contributed by atoms with Gasteiger partial charge in [0.05, 0.1) is 23.5 Å². The molecule has 1 N–H and O–H groups in total. The number of aromatic nitrogens is 3. The third-order valence-electron chi connectivity index (χ3n) is 6.28. The van der Waals surface area contributed by atoms with Gasteiger partial charge in [0.25, 0.3) is 5.91 Å². The number of anilines is 2. The Morgan fingerprint density at radius 2 is 1.85 bits per heavy atom. The van der Waals surface area contributed by atoms with Gasteiger partial charge in [0.15, 0.2) is 0 Å². The van der Waals surface area contributed by atoms with Crippen LogP contribution in [0.2, 0.25) is 0 Å². The van der Waals surface area contributed by atoms with Crippen molar-refractivity contribution in [1.29, 1.82) is 0 Å². The summed E-state index contributed by atoms with van der Waals surface area (Å²) in [6.45, 7) is 10.3. The number of aryl methyl sites for hydroxylation is 1. The van der Waals surface area contributed by atoms with Gasteiger partial charge in [-0.3, -0.25) is 9.69 Å². The Balaban J connectivity index is 1.27. The fourth-order valence-corrected chi connectivity index (χ4v) is 5.49. The number of amides is 1. The van der Waals surface area contributed by atoms with Gasteiger partial charge < -0.3 is 19.9 Å². The Morgan fingerprint density at radius 1 is 1.06 bits per heavy atom. The summed E-state index contributed by atoms with van der Waals surface area (Å²) < 4.78 is 5.39. The summed E-state index contributed by atoms with van der Waals surface area (Å²) in [6, 6.07) is 6.00. The highest BCUT2D eigenvalue weighted by Crippen LogP contribution is 2.35. The Hall–Kier alpha value is -2.82. The molecule has 0 spiro atoms. The number of rotatable bonds is 6. The van der Waals surface area contributed by atoms with E-state index in [1.54, 1.807) is 6.33 Å². The highest BCUT2D eigenvalue weighted by atomic mass is 32.1. The number of morpholine rings is 1. The maximum atomic E-state index is 12.9. The van der Waals surface area contributed by atoms with Crippen LogP contribution in [-0.4, -0.2) is 91.3 Å². The quantitative estimate of drug-likeness (QED) is 0.587.